The van der Waals surface area contributed by atoms with Crippen LogP contribution in [0.3, 0.4) is 0 Å². The predicted octanol–water partition coefficient (Wildman–Crippen LogP) is 4.61. The predicted molar refractivity (Wildman–Crippen MR) is 123 cm³/mol. The van der Waals surface area contributed by atoms with Crippen molar-refractivity contribution in [2.45, 2.75) is 37.2 Å². The number of thioether (sulfide) groups is 1. The van der Waals surface area contributed by atoms with E-state index in [4.69, 9.17) is 0 Å². The number of rotatable bonds is 8. The monoisotopic (exact) mass is 450 g/mol. The molecule has 0 aliphatic rings. The van der Waals surface area contributed by atoms with E-state index in [0.29, 0.717) is 11.4 Å². The van der Waals surface area contributed by atoms with Crippen molar-refractivity contribution >= 4 is 29.0 Å². The highest BCUT2D eigenvalue weighted by molar-refractivity contribution is 7.98. The number of hydrogen-bond acceptors (Lipinski definition) is 7. The van der Waals surface area contributed by atoms with Gasteiger partial charge in [0.05, 0.1) is 5.75 Å². The number of carbonyl (C=O) groups is 1. The Morgan fingerprint density at radius 3 is 2.77 bits per heavy atom. The Hall–Kier alpha value is -3.04. The Bertz CT molecular complexity index is 1140. The Balaban J connectivity index is 1.56. The number of aromatic nitrogens is 5. The van der Waals surface area contributed by atoms with E-state index in [2.05, 4.69) is 25.5 Å². The second-order valence-electron chi connectivity index (χ2n) is 6.92. The molecule has 0 radical (unpaired) electrons. The van der Waals surface area contributed by atoms with Crippen molar-refractivity contribution in [1.82, 2.24) is 30.0 Å². The molecule has 0 fully saturated rings. The molecule has 0 saturated heterocycles. The number of hydrogen-bond donors (Lipinski definition) is 1. The van der Waals surface area contributed by atoms with E-state index in [1.54, 1.807) is 17.8 Å². The number of benzene rings is 1. The average molecular weight is 451 g/mol. The van der Waals surface area contributed by atoms with E-state index in [-0.39, 0.29) is 11.9 Å². The first-order valence-corrected chi connectivity index (χ1v) is 11.8. The van der Waals surface area contributed by atoms with Gasteiger partial charge in [-0.3, -0.25) is 14.3 Å². The fraction of sp³-hybridized carbons (Fsp3) is 0.227. The number of nitrogens with one attached hydrogen (secondary N) is 1. The van der Waals surface area contributed by atoms with Crippen molar-refractivity contribution in [3.8, 4) is 17.1 Å². The highest BCUT2D eigenvalue weighted by atomic mass is 32.2. The third-order valence-electron chi connectivity index (χ3n) is 4.67. The Kier molecular flexibility index (Phi) is 6.73. The number of nitrogens with zero attached hydrogens (tertiary/aromatic N) is 5. The maximum atomic E-state index is 12.3. The molecule has 9 heteroatoms. The molecule has 3 heterocycles. The summed E-state index contributed by atoms with van der Waals surface area (Å²) in [6.45, 7) is 4.02. The summed E-state index contributed by atoms with van der Waals surface area (Å²) in [7, 11) is 0. The SMILES string of the molecule is CCC(C)NC(=O)c1csc(CSc2nnc(-c3cccnc3)n2-c2ccccc2)n1. The van der Waals surface area contributed by atoms with Gasteiger partial charge in [-0.15, -0.1) is 21.5 Å². The molecule has 31 heavy (non-hydrogen) atoms. The molecule has 1 aromatic carbocycles. The Morgan fingerprint density at radius 2 is 2.03 bits per heavy atom. The van der Waals surface area contributed by atoms with Crippen molar-refractivity contribution in [1.29, 1.82) is 0 Å². The average Bonchev–Trinajstić information content (AvgIpc) is 3.46. The van der Waals surface area contributed by atoms with E-state index in [0.717, 1.165) is 33.7 Å². The fourth-order valence-corrected chi connectivity index (χ4v) is 4.61. The quantitative estimate of drug-likeness (QED) is 0.395. The van der Waals surface area contributed by atoms with E-state index in [9.17, 15) is 4.79 Å². The normalized spacial score (nSPS) is 11.9. The first-order valence-electron chi connectivity index (χ1n) is 9.95. The molecule has 0 aliphatic heterocycles. The molecular weight excluding hydrogens is 428 g/mol. The molecule has 1 unspecified atom stereocenters. The Morgan fingerprint density at radius 1 is 1.19 bits per heavy atom. The molecule has 4 aromatic rings. The van der Waals surface area contributed by atoms with Gasteiger partial charge >= 0.3 is 0 Å². The lowest BCUT2D eigenvalue weighted by Gasteiger charge is -2.10. The van der Waals surface area contributed by atoms with Gasteiger partial charge in [-0.05, 0) is 37.6 Å². The first-order chi connectivity index (χ1) is 15.2. The molecule has 1 N–H and O–H groups in total. The third-order valence-corrected chi connectivity index (χ3v) is 6.64. The van der Waals surface area contributed by atoms with E-state index in [1.165, 1.54) is 23.1 Å². The molecule has 158 valence electrons. The molecule has 0 aliphatic carbocycles. The lowest BCUT2D eigenvalue weighted by Crippen LogP contribution is -2.32. The minimum Gasteiger partial charge on any atom is -0.348 e. The van der Waals surface area contributed by atoms with Gasteiger partial charge in [-0.1, -0.05) is 36.9 Å². The summed E-state index contributed by atoms with van der Waals surface area (Å²) in [4.78, 5) is 21.0. The number of para-hydroxylation sites is 1. The molecule has 1 atom stereocenters. The van der Waals surface area contributed by atoms with Crippen molar-refractivity contribution in [2.75, 3.05) is 0 Å². The van der Waals surface area contributed by atoms with Gasteiger partial charge < -0.3 is 5.32 Å². The van der Waals surface area contributed by atoms with Crippen molar-refractivity contribution in [3.05, 3.63) is 70.9 Å². The van der Waals surface area contributed by atoms with Crippen LogP contribution in [-0.4, -0.2) is 36.7 Å². The van der Waals surface area contributed by atoms with Crippen LogP contribution in [0.5, 0.6) is 0 Å². The van der Waals surface area contributed by atoms with Crippen molar-refractivity contribution in [2.24, 2.45) is 0 Å². The topological polar surface area (TPSA) is 85.6 Å². The zero-order chi connectivity index (χ0) is 21.6. The largest absolute Gasteiger partial charge is 0.348 e. The number of amides is 1. The smallest absolute Gasteiger partial charge is 0.270 e. The third kappa shape index (κ3) is 5.00. The Labute approximate surface area is 189 Å². The van der Waals surface area contributed by atoms with Crippen molar-refractivity contribution in [3.63, 3.8) is 0 Å². The fourth-order valence-electron chi connectivity index (χ4n) is 2.86. The lowest BCUT2D eigenvalue weighted by atomic mass is 10.2. The molecular formula is C22H22N6OS2. The summed E-state index contributed by atoms with van der Waals surface area (Å²) in [6, 6.07) is 14.0. The van der Waals surface area contributed by atoms with Crippen LogP contribution in [0.15, 0.2) is 65.4 Å². The molecule has 7 nitrogen and oxygen atoms in total. The number of pyridine rings is 1. The zero-order valence-corrected chi connectivity index (χ0v) is 18.9. The van der Waals surface area contributed by atoms with E-state index < -0.39 is 0 Å². The highest BCUT2D eigenvalue weighted by Crippen LogP contribution is 2.30. The van der Waals surface area contributed by atoms with Crippen LogP contribution in [0.25, 0.3) is 17.1 Å². The summed E-state index contributed by atoms with van der Waals surface area (Å²) < 4.78 is 2.02. The standard InChI is InChI=1S/C22H22N6OS2/c1-3-15(2)24-21(29)18-13-30-19(25-18)14-31-22-27-26-20(16-8-7-11-23-12-16)28(22)17-9-5-4-6-10-17/h4-13,15H,3,14H2,1-2H3,(H,24,29). The van der Waals surface area contributed by atoms with Crippen LogP contribution in [0.4, 0.5) is 0 Å². The number of carbonyl (C=O) groups excluding carboxylic acids is 1. The van der Waals surface area contributed by atoms with Crippen LogP contribution in [0, 0.1) is 0 Å². The van der Waals surface area contributed by atoms with E-state index >= 15 is 0 Å². The van der Waals surface area contributed by atoms with Gasteiger partial charge in [0, 0.05) is 35.1 Å². The molecule has 1 amide bonds. The van der Waals surface area contributed by atoms with Gasteiger partial charge in [0.2, 0.25) is 0 Å². The van der Waals surface area contributed by atoms with Gasteiger partial charge in [-0.25, -0.2) is 4.98 Å². The zero-order valence-electron chi connectivity index (χ0n) is 17.2. The molecule has 0 bridgehead atoms. The van der Waals surface area contributed by atoms with Crippen LogP contribution in [0.1, 0.15) is 35.8 Å². The van der Waals surface area contributed by atoms with Gasteiger partial charge in [0.15, 0.2) is 11.0 Å². The van der Waals surface area contributed by atoms with Gasteiger partial charge in [-0.2, -0.15) is 0 Å². The van der Waals surface area contributed by atoms with Gasteiger partial charge in [0.1, 0.15) is 10.7 Å². The minimum absolute atomic E-state index is 0.127. The van der Waals surface area contributed by atoms with Crippen LogP contribution >= 0.6 is 23.1 Å². The summed E-state index contributed by atoms with van der Waals surface area (Å²) >= 11 is 3.02. The first kappa shape index (κ1) is 21.2. The van der Waals surface area contributed by atoms with Crippen LogP contribution < -0.4 is 5.32 Å². The molecule has 3 aromatic heterocycles. The molecule has 0 saturated carbocycles. The summed E-state index contributed by atoms with van der Waals surface area (Å²) in [5, 5.41) is 15.2. The lowest BCUT2D eigenvalue weighted by molar-refractivity contribution is 0.0935. The molecule has 4 rings (SSSR count). The second kappa shape index (κ2) is 9.84. The maximum absolute atomic E-state index is 12.3. The minimum atomic E-state index is -0.131. The summed E-state index contributed by atoms with van der Waals surface area (Å²) in [5.41, 5.74) is 2.33. The highest BCUT2D eigenvalue weighted by Gasteiger charge is 2.18. The maximum Gasteiger partial charge on any atom is 0.270 e. The molecule has 0 spiro atoms. The van der Waals surface area contributed by atoms with Crippen molar-refractivity contribution < 1.29 is 4.79 Å². The second-order valence-corrected chi connectivity index (χ2v) is 8.80. The van der Waals surface area contributed by atoms with Gasteiger partial charge in [0.25, 0.3) is 5.91 Å². The van der Waals surface area contributed by atoms with Crippen LogP contribution in [-0.2, 0) is 5.75 Å². The summed E-state index contributed by atoms with van der Waals surface area (Å²) in [6.07, 6.45) is 4.40. The summed E-state index contributed by atoms with van der Waals surface area (Å²) in [5.74, 6) is 1.20. The number of thiazole rings is 1. The van der Waals surface area contributed by atoms with E-state index in [1.807, 2.05) is 60.9 Å². The van der Waals surface area contributed by atoms with Crippen LogP contribution in [0.2, 0.25) is 0 Å².